The summed E-state index contributed by atoms with van der Waals surface area (Å²) in [7, 11) is 1.63. The molecule has 2 unspecified atom stereocenters. The molecule has 11 heteroatoms. The highest BCUT2D eigenvalue weighted by atomic mass is 16.5. The van der Waals surface area contributed by atoms with Crippen LogP contribution in [0.5, 0.6) is 5.75 Å². The molecule has 0 bridgehead atoms. The van der Waals surface area contributed by atoms with Crippen LogP contribution in [0.4, 0.5) is 4.79 Å². The van der Waals surface area contributed by atoms with E-state index in [0.717, 1.165) is 29.2 Å². The third-order valence-electron chi connectivity index (χ3n) is 5.61. The Morgan fingerprint density at radius 3 is 2.31 bits per heavy atom. The summed E-state index contributed by atoms with van der Waals surface area (Å²) < 4.78 is 7.51. The topological polar surface area (TPSA) is 183 Å². The number of para-hydroxylation sites is 1. The summed E-state index contributed by atoms with van der Waals surface area (Å²) in [6.45, 7) is 9.44. The number of nitrogens with two attached hydrogens (primary N) is 3. The van der Waals surface area contributed by atoms with Crippen LogP contribution in [-0.4, -0.2) is 68.5 Å². The minimum Gasteiger partial charge on any atom is -0.494 e. The van der Waals surface area contributed by atoms with Crippen molar-refractivity contribution >= 4 is 23.1 Å². The number of aryl methyl sites for hydroxylation is 1. The van der Waals surface area contributed by atoms with Crippen molar-refractivity contribution in [2.75, 3.05) is 20.2 Å². The predicted octanol–water partition coefficient (Wildman–Crippen LogP) is 2.76. The lowest BCUT2D eigenvalue weighted by Gasteiger charge is -2.33. The van der Waals surface area contributed by atoms with Crippen LogP contribution < -0.4 is 21.9 Å². The molecule has 2 rings (SSSR count). The number of amides is 1. The van der Waals surface area contributed by atoms with Gasteiger partial charge in [-0.3, -0.25) is 4.79 Å². The number of methoxy groups -OCH3 is 1. The fourth-order valence-electron chi connectivity index (χ4n) is 3.70. The summed E-state index contributed by atoms with van der Waals surface area (Å²) in [5.74, 6) is 0.584. The summed E-state index contributed by atoms with van der Waals surface area (Å²) in [6.07, 6.45) is 1.57. The zero-order valence-corrected chi connectivity index (χ0v) is 21.5. The van der Waals surface area contributed by atoms with E-state index in [2.05, 4.69) is 11.5 Å². The van der Waals surface area contributed by atoms with Crippen LogP contribution in [0.3, 0.4) is 0 Å². The SMILES string of the molecule is CCn1c(C(N)CCCN(C(=O)O)C(C)(C)C)nc2c(OC)cccc21.NCCCC(N)C(=O)O. The zero-order valence-electron chi connectivity index (χ0n) is 21.5. The number of carbonyl (C=O) groups is 2. The summed E-state index contributed by atoms with van der Waals surface area (Å²) in [5.41, 5.74) is 18.1. The lowest BCUT2D eigenvalue weighted by atomic mass is 10.1. The Hall–Kier alpha value is -2.89. The molecule has 2 atom stereocenters. The predicted molar refractivity (Wildman–Crippen MR) is 137 cm³/mol. The molecule has 0 aliphatic rings. The Bertz CT molecular complexity index is 956. The van der Waals surface area contributed by atoms with Gasteiger partial charge in [0.1, 0.15) is 23.1 Å². The summed E-state index contributed by atoms with van der Waals surface area (Å²) in [4.78, 5) is 27.7. The van der Waals surface area contributed by atoms with E-state index in [9.17, 15) is 14.7 Å². The molecule has 0 radical (unpaired) electrons. The second kappa shape index (κ2) is 13.9. The molecule has 0 spiro atoms. The molecule has 198 valence electrons. The van der Waals surface area contributed by atoms with Crippen molar-refractivity contribution in [3.63, 3.8) is 0 Å². The molecule has 11 nitrogen and oxygen atoms in total. The summed E-state index contributed by atoms with van der Waals surface area (Å²) in [6, 6.07) is 4.84. The Balaban J connectivity index is 0.000000579. The maximum Gasteiger partial charge on any atom is 0.407 e. The highest BCUT2D eigenvalue weighted by molar-refractivity contribution is 5.82. The highest BCUT2D eigenvalue weighted by Gasteiger charge is 2.26. The number of fused-ring (bicyclic) bond motifs is 1. The van der Waals surface area contributed by atoms with E-state index >= 15 is 0 Å². The van der Waals surface area contributed by atoms with E-state index < -0.39 is 23.6 Å². The first-order valence-corrected chi connectivity index (χ1v) is 11.9. The number of rotatable bonds is 11. The van der Waals surface area contributed by atoms with E-state index in [4.69, 9.17) is 32.0 Å². The van der Waals surface area contributed by atoms with Crippen molar-refractivity contribution in [3.05, 3.63) is 24.0 Å². The van der Waals surface area contributed by atoms with Gasteiger partial charge in [0.05, 0.1) is 18.7 Å². The molecule has 1 heterocycles. The van der Waals surface area contributed by atoms with Crippen molar-refractivity contribution in [1.82, 2.24) is 14.5 Å². The molecule has 8 N–H and O–H groups in total. The number of carboxylic acid groups (broad SMARTS) is 2. The minimum atomic E-state index is -0.955. The smallest absolute Gasteiger partial charge is 0.407 e. The Kier molecular flexibility index (Phi) is 11.9. The Labute approximate surface area is 207 Å². The van der Waals surface area contributed by atoms with E-state index in [-0.39, 0.29) is 6.04 Å². The Morgan fingerprint density at radius 1 is 1.17 bits per heavy atom. The Morgan fingerprint density at radius 2 is 1.83 bits per heavy atom. The van der Waals surface area contributed by atoms with Crippen LogP contribution >= 0.6 is 0 Å². The van der Waals surface area contributed by atoms with Crippen molar-refractivity contribution in [2.45, 2.75) is 77.5 Å². The van der Waals surface area contributed by atoms with Gasteiger partial charge in [-0.2, -0.15) is 0 Å². The largest absolute Gasteiger partial charge is 0.494 e. The molecule has 2 aromatic rings. The van der Waals surface area contributed by atoms with E-state index in [1.807, 2.05) is 39.0 Å². The summed E-state index contributed by atoms with van der Waals surface area (Å²) in [5, 5.41) is 17.6. The van der Waals surface area contributed by atoms with Gasteiger partial charge in [0.2, 0.25) is 0 Å². The van der Waals surface area contributed by atoms with Crippen LogP contribution in [0.25, 0.3) is 11.0 Å². The second-order valence-corrected chi connectivity index (χ2v) is 9.27. The van der Waals surface area contributed by atoms with Crippen molar-refractivity contribution in [2.24, 2.45) is 17.2 Å². The highest BCUT2D eigenvalue weighted by Crippen LogP contribution is 2.29. The average Bonchev–Trinajstić information content (AvgIpc) is 3.18. The third-order valence-corrected chi connectivity index (χ3v) is 5.61. The number of hydrogen-bond donors (Lipinski definition) is 5. The van der Waals surface area contributed by atoms with Crippen LogP contribution in [0.1, 0.15) is 65.2 Å². The zero-order chi connectivity index (χ0) is 26.8. The molecule has 1 aromatic carbocycles. The van der Waals surface area contributed by atoms with Crippen LogP contribution in [0.2, 0.25) is 0 Å². The van der Waals surface area contributed by atoms with Gasteiger partial charge in [0.15, 0.2) is 0 Å². The third kappa shape index (κ3) is 8.68. The fourth-order valence-corrected chi connectivity index (χ4v) is 3.70. The second-order valence-electron chi connectivity index (χ2n) is 9.27. The molecule has 0 aliphatic heterocycles. The molecule has 1 amide bonds. The van der Waals surface area contributed by atoms with Crippen molar-refractivity contribution < 1.29 is 24.5 Å². The van der Waals surface area contributed by atoms with E-state index in [1.165, 1.54) is 4.90 Å². The molecular formula is C24H42N6O5. The van der Waals surface area contributed by atoms with Crippen LogP contribution in [-0.2, 0) is 11.3 Å². The average molecular weight is 495 g/mol. The first-order valence-electron chi connectivity index (χ1n) is 11.9. The fraction of sp³-hybridized carbons (Fsp3) is 0.625. The summed E-state index contributed by atoms with van der Waals surface area (Å²) >= 11 is 0. The number of aromatic nitrogens is 2. The van der Waals surface area contributed by atoms with Crippen LogP contribution in [0.15, 0.2) is 18.2 Å². The molecule has 35 heavy (non-hydrogen) atoms. The number of imidazole rings is 1. The molecule has 0 fully saturated rings. The van der Waals surface area contributed by atoms with Crippen molar-refractivity contribution in [3.8, 4) is 5.75 Å². The maximum absolute atomic E-state index is 11.4. The van der Waals surface area contributed by atoms with Gasteiger partial charge < -0.3 is 41.6 Å². The number of carboxylic acids is 1. The van der Waals surface area contributed by atoms with E-state index in [0.29, 0.717) is 38.8 Å². The lowest BCUT2D eigenvalue weighted by Crippen LogP contribution is -2.45. The number of ether oxygens (including phenoxy) is 1. The van der Waals surface area contributed by atoms with Gasteiger partial charge in [-0.1, -0.05) is 6.07 Å². The standard InChI is InChI=1S/C19H30N4O3.C5H12N2O2/c1-6-22-14-10-7-11-15(26-5)16(14)21-17(22)13(20)9-8-12-23(18(24)25)19(2,3)4;6-3-1-2-4(7)5(8)9/h7,10-11,13H,6,8-9,12,20H2,1-5H3,(H,24,25);4H,1-3,6-7H2,(H,8,9). The molecule has 1 aromatic heterocycles. The first-order chi connectivity index (χ1) is 16.4. The minimum absolute atomic E-state index is 0.261. The quantitative estimate of drug-likeness (QED) is 0.313. The van der Waals surface area contributed by atoms with Crippen molar-refractivity contribution in [1.29, 1.82) is 0 Å². The number of benzene rings is 1. The van der Waals surface area contributed by atoms with Crippen LogP contribution in [0, 0.1) is 0 Å². The molecule has 0 saturated carbocycles. The first kappa shape index (κ1) is 30.1. The monoisotopic (exact) mass is 494 g/mol. The number of hydrogen-bond acceptors (Lipinski definition) is 7. The number of aliphatic carboxylic acids is 1. The van der Waals surface area contributed by atoms with Gasteiger partial charge in [-0.25, -0.2) is 9.78 Å². The molecule has 0 aliphatic carbocycles. The van der Waals surface area contributed by atoms with E-state index in [1.54, 1.807) is 7.11 Å². The normalized spacial score (nSPS) is 13.0. The lowest BCUT2D eigenvalue weighted by molar-refractivity contribution is -0.138. The maximum atomic E-state index is 11.4. The van der Waals surface area contributed by atoms with Gasteiger partial charge in [-0.15, -0.1) is 0 Å². The van der Waals surface area contributed by atoms with Gasteiger partial charge >= 0.3 is 12.1 Å². The number of nitrogens with zero attached hydrogens (tertiary/aromatic N) is 3. The van der Waals surface area contributed by atoms with Gasteiger partial charge in [0.25, 0.3) is 0 Å². The van der Waals surface area contributed by atoms with Gasteiger partial charge in [0, 0.05) is 18.6 Å². The molecule has 0 saturated heterocycles. The van der Waals surface area contributed by atoms with Gasteiger partial charge in [-0.05, 0) is 72.1 Å². The molecular weight excluding hydrogens is 452 g/mol.